The molecule has 0 aliphatic heterocycles. The predicted octanol–water partition coefficient (Wildman–Crippen LogP) is 3.58. The van der Waals surface area contributed by atoms with Gasteiger partial charge in [0.1, 0.15) is 0 Å². The minimum absolute atomic E-state index is 0.0979. The molecule has 0 aromatic carbocycles. The Morgan fingerprint density at radius 3 is 2.37 bits per heavy atom. The molecule has 0 spiro atoms. The maximum Gasteiger partial charge on any atom is 0.391 e. The van der Waals surface area contributed by atoms with Crippen molar-refractivity contribution in [3.05, 3.63) is 16.4 Å². The number of halogens is 4. The Bertz CT molecular complexity index is 419. The lowest BCUT2D eigenvalue weighted by Crippen LogP contribution is -2.30. The minimum Gasteiger partial charge on any atom is -0.386 e. The summed E-state index contributed by atoms with van der Waals surface area (Å²) in [6.45, 7) is 0. The average Bonchev–Trinajstić information content (AvgIpc) is 2.67. The third-order valence-corrected chi connectivity index (χ3v) is 4.51. The van der Waals surface area contributed by atoms with Crippen molar-refractivity contribution in [2.75, 3.05) is 0 Å². The molecule has 1 atom stereocenters. The first-order valence-corrected chi connectivity index (χ1v) is 7.02. The van der Waals surface area contributed by atoms with Crippen LogP contribution in [0.2, 0.25) is 0 Å². The monoisotopic (exact) mass is 340 g/mol. The van der Waals surface area contributed by atoms with Crippen molar-refractivity contribution >= 4 is 15.9 Å². The molecule has 108 valence electrons. The van der Waals surface area contributed by atoms with Gasteiger partial charge in [-0.1, -0.05) is 0 Å². The molecule has 1 aliphatic rings. The van der Waals surface area contributed by atoms with Gasteiger partial charge in [0.2, 0.25) is 0 Å². The van der Waals surface area contributed by atoms with Crippen molar-refractivity contribution in [3.63, 3.8) is 0 Å². The van der Waals surface area contributed by atoms with E-state index in [1.165, 1.54) is 0 Å². The van der Waals surface area contributed by atoms with Gasteiger partial charge >= 0.3 is 6.18 Å². The fraction of sp³-hybridized carbons (Fsp3) is 0.750. The molecule has 0 bridgehead atoms. The van der Waals surface area contributed by atoms with E-state index in [9.17, 15) is 18.3 Å². The summed E-state index contributed by atoms with van der Waals surface area (Å²) < 4.78 is 40.0. The maximum atomic E-state index is 12.6. The predicted molar refractivity (Wildman–Crippen MR) is 67.4 cm³/mol. The number of aliphatic hydroxyl groups excluding tert-OH is 1. The van der Waals surface area contributed by atoms with Crippen LogP contribution >= 0.6 is 15.9 Å². The van der Waals surface area contributed by atoms with Crippen LogP contribution in [0, 0.1) is 11.8 Å². The highest BCUT2D eigenvalue weighted by molar-refractivity contribution is 9.10. The topological polar surface area (TPSA) is 38.0 Å². The standard InChI is InChI=1S/C12H16BrF3N2O/c1-18-10(9(13)6-17-18)11(19)7-2-4-8(5-3-7)12(14,15)16/h6-8,11,19H,2-5H2,1H3. The van der Waals surface area contributed by atoms with E-state index in [-0.39, 0.29) is 18.8 Å². The van der Waals surface area contributed by atoms with Gasteiger partial charge in [0.25, 0.3) is 0 Å². The van der Waals surface area contributed by atoms with Crippen LogP contribution in [0.3, 0.4) is 0 Å². The molecule has 1 unspecified atom stereocenters. The Balaban J connectivity index is 2.02. The lowest BCUT2D eigenvalue weighted by atomic mass is 9.78. The first-order chi connectivity index (χ1) is 8.80. The number of rotatable bonds is 2. The third kappa shape index (κ3) is 3.13. The minimum atomic E-state index is -4.11. The van der Waals surface area contributed by atoms with E-state index in [4.69, 9.17) is 0 Å². The SMILES string of the molecule is Cn1ncc(Br)c1C(O)C1CCC(C(F)(F)F)CC1. The second-order valence-corrected chi connectivity index (χ2v) is 5.95. The normalized spacial score (nSPS) is 26.4. The summed E-state index contributed by atoms with van der Waals surface area (Å²) in [5.74, 6) is -1.35. The molecule has 0 amide bonds. The highest BCUT2D eigenvalue weighted by Crippen LogP contribution is 2.43. The molecule has 1 aromatic rings. The quantitative estimate of drug-likeness (QED) is 0.893. The van der Waals surface area contributed by atoms with E-state index in [0.717, 1.165) is 0 Å². The molecular formula is C12H16BrF3N2O. The van der Waals surface area contributed by atoms with Crippen molar-refractivity contribution in [1.82, 2.24) is 9.78 Å². The molecule has 1 N–H and O–H groups in total. The van der Waals surface area contributed by atoms with Gasteiger partial charge in [-0.25, -0.2) is 0 Å². The first-order valence-electron chi connectivity index (χ1n) is 6.23. The van der Waals surface area contributed by atoms with Gasteiger partial charge in [-0.05, 0) is 47.5 Å². The van der Waals surface area contributed by atoms with Gasteiger partial charge in [-0.15, -0.1) is 0 Å². The molecule has 2 rings (SSSR count). The zero-order chi connectivity index (χ0) is 14.2. The Hall–Kier alpha value is -0.560. The fourth-order valence-corrected chi connectivity index (χ4v) is 3.32. The third-order valence-electron chi connectivity index (χ3n) is 3.90. The number of nitrogens with zero attached hydrogens (tertiary/aromatic N) is 2. The van der Waals surface area contributed by atoms with Crippen LogP contribution < -0.4 is 0 Å². The van der Waals surface area contributed by atoms with E-state index >= 15 is 0 Å². The zero-order valence-electron chi connectivity index (χ0n) is 10.5. The largest absolute Gasteiger partial charge is 0.391 e. The summed E-state index contributed by atoms with van der Waals surface area (Å²) in [7, 11) is 1.71. The molecule has 1 aliphatic carbocycles. The van der Waals surface area contributed by atoms with E-state index in [2.05, 4.69) is 21.0 Å². The number of aliphatic hydroxyl groups is 1. The summed E-state index contributed by atoms with van der Waals surface area (Å²) >= 11 is 3.30. The molecule has 19 heavy (non-hydrogen) atoms. The summed E-state index contributed by atoms with van der Waals surface area (Å²) in [5, 5.41) is 14.3. The summed E-state index contributed by atoms with van der Waals surface area (Å²) in [6.07, 6.45) is -2.31. The molecule has 3 nitrogen and oxygen atoms in total. The van der Waals surface area contributed by atoms with Crippen molar-refractivity contribution in [3.8, 4) is 0 Å². The van der Waals surface area contributed by atoms with Crippen LogP contribution in [-0.4, -0.2) is 21.1 Å². The molecule has 1 aromatic heterocycles. The van der Waals surface area contributed by atoms with E-state index in [1.54, 1.807) is 17.9 Å². The van der Waals surface area contributed by atoms with Gasteiger partial charge in [0.05, 0.1) is 28.4 Å². The van der Waals surface area contributed by atoms with Crippen LogP contribution in [0.1, 0.15) is 37.5 Å². The maximum absolute atomic E-state index is 12.6. The Morgan fingerprint density at radius 2 is 1.95 bits per heavy atom. The number of aryl methyl sites for hydroxylation is 1. The van der Waals surface area contributed by atoms with Crippen LogP contribution in [-0.2, 0) is 7.05 Å². The number of hydrogen-bond acceptors (Lipinski definition) is 2. The lowest BCUT2D eigenvalue weighted by Gasteiger charge is -2.32. The summed E-state index contributed by atoms with van der Waals surface area (Å²) in [5.41, 5.74) is 0.635. The van der Waals surface area contributed by atoms with Gasteiger partial charge in [0.15, 0.2) is 0 Å². The molecule has 0 saturated heterocycles. The second kappa shape index (κ2) is 5.44. The van der Waals surface area contributed by atoms with E-state index in [0.29, 0.717) is 23.0 Å². The zero-order valence-corrected chi connectivity index (χ0v) is 12.1. The second-order valence-electron chi connectivity index (χ2n) is 5.10. The molecule has 1 heterocycles. The Labute approximate surface area is 117 Å². The number of alkyl halides is 3. The fourth-order valence-electron chi connectivity index (χ4n) is 2.74. The molecule has 7 heteroatoms. The highest BCUT2D eigenvalue weighted by atomic mass is 79.9. The van der Waals surface area contributed by atoms with Gasteiger partial charge in [-0.2, -0.15) is 18.3 Å². The number of hydrogen-bond donors (Lipinski definition) is 1. The average molecular weight is 341 g/mol. The summed E-state index contributed by atoms with van der Waals surface area (Å²) in [4.78, 5) is 0. The molecule has 0 radical (unpaired) electrons. The Kier molecular flexibility index (Phi) is 4.25. The van der Waals surface area contributed by atoms with E-state index < -0.39 is 18.2 Å². The Morgan fingerprint density at radius 1 is 1.37 bits per heavy atom. The van der Waals surface area contributed by atoms with Gasteiger partial charge in [0, 0.05) is 7.05 Å². The van der Waals surface area contributed by atoms with Crippen LogP contribution in [0.4, 0.5) is 13.2 Å². The molecular weight excluding hydrogens is 325 g/mol. The van der Waals surface area contributed by atoms with Crippen LogP contribution in [0.5, 0.6) is 0 Å². The molecule has 1 saturated carbocycles. The van der Waals surface area contributed by atoms with E-state index in [1.807, 2.05) is 0 Å². The smallest absolute Gasteiger partial charge is 0.386 e. The first kappa shape index (κ1) is 14.8. The number of aromatic nitrogens is 2. The van der Waals surface area contributed by atoms with Gasteiger partial charge in [-0.3, -0.25) is 4.68 Å². The van der Waals surface area contributed by atoms with Crippen molar-refractivity contribution in [2.24, 2.45) is 18.9 Å². The van der Waals surface area contributed by atoms with Crippen molar-refractivity contribution in [1.29, 1.82) is 0 Å². The molecule has 1 fully saturated rings. The summed E-state index contributed by atoms with van der Waals surface area (Å²) in [6, 6.07) is 0. The highest BCUT2D eigenvalue weighted by Gasteiger charge is 2.42. The van der Waals surface area contributed by atoms with Crippen molar-refractivity contribution < 1.29 is 18.3 Å². The lowest BCUT2D eigenvalue weighted by molar-refractivity contribution is -0.186. The van der Waals surface area contributed by atoms with Gasteiger partial charge < -0.3 is 5.11 Å². The van der Waals surface area contributed by atoms with Crippen LogP contribution in [0.25, 0.3) is 0 Å². The van der Waals surface area contributed by atoms with Crippen LogP contribution in [0.15, 0.2) is 10.7 Å². The van der Waals surface area contributed by atoms with Crippen molar-refractivity contribution in [2.45, 2.75) is 38.0 Å².